The number of carbonyl (C=O) groups is 1. The Bertz CT molecular complexity index is 1260. The van der Waals surface area contributed by atoms with Gasteiger partial charge in [0, 0.05) is 17.4 Å². The Balaban J connectivity index is 1.49. The molecule has 0 saturated carbocycles. The second kappa shape index (κ2) is 9.70. The Morgan fingerprint density at radius 3 is 2.75 bits per heavy atom. The monoisotopic (exact) mass is 449 g/mol. The molecule has 0 bridgehead atoms. The fourth-order valence-electron chi connectivity index (χ4n) is 3.38. The van der Waals surface area contributed by atoms with E-state index >= 15 is 0 Å². The largest absolute Gasteiger partial charge is 0.492 e. The molecule has 2 aromatic heterocycles. The number of thiophene rings is 1. The fraction of sp³-hybridized carbons (Fsp3) is 0.200. The van der Waals surface area contributed by atoms with Crippen LogP contribution < -0.4 is 4.74 Å². The second-order valence-electron chi connectivity index (χ2n) is 7.05. The van der Waals surface area contributed by atoms with Crippen LogP contribution in [0.5, 0.6) is 5.75 Å². The van der Waals surface area contributed by atoms with Gasteiger partial charge in [0.25, 0.3) is 0 Å². The quantitative estimate of drug-likeness (QED) is 0.251. The zero-order valence-corrected chi connectivity index (χ0v) is 18.6. The van der Waals surface area contributed by atoms with Crippen LogP contribution in [0.15, 0.2) is 64.1 Å². The van der Waals surface area contributed by atoms with Crippen molar-refractivity contribution in [3.05, 3.63) is 76.7 Å². The molecule has 0 radical (unpaired) electrons. The predicted octanol–water partition coefficient (Wildman–Crippen LogP) is 5.95. The molecular weight excluding hydrogens is 426 g/mol. The van der Waals surface area contributed by atoms with E-state index in [1.54, 1.807) is 24.3 Å². The summed E-state index contributed by atoms with van der Waals surface area (Å²) in [5.74, 6) is 0.979. The molecule has 0 aliphatic heterocycles. The molecular formula is C25H23NO5S. The van der Waals surface area contributed by atoms with E-state index in [2.05, 4.69) is 4.98 Å². The third-order valence-electron chi connectivity index (χ3n) is 4.92. The van der Waals surface area contributed by atoms with Gasteiger partial charge in [-0.15, -0.1) is 11.3 Å². The van der Waals surface area contributed by atoms with Gasteiger partial charge in [-0.2, -0.15) is 0 Å². The van der Waals surface area contributed by atoms with E-state index in [1.807, 2.05) is 60.8 Å². The summed E-state index contributed by atoms with van der Waals surface area (Å²) in [5.41, 5.74) is 2.59. The minimum Gasteiger partial charge on any atom is -0.492 e. The number of hydrogen-bond donors (Lipinski definition) is 1. The van der Waals surface area contributed by atoms with Crippen LogP contribution in [0.1, 0.15) is 23.9 Å². The van der Waals surface area contributed by atoms with Crippen molar-refractivity contribution in [1.82, 2.24) is 4.98 Å². The Hall–Kier alpha value is -3.58. The number of carboxylic acid groups (broad SMARTS) is 1. The summed E-state index contributed by atoms with van der Waals surface area (Å²) in [4.78, 5) is 16.0. The van der Waals surface area contributed by atoms with Gasteiger partial charge < -0.3 is 19.0 Å². The van der Waals surface area contributed by atoms with Crippen molar-refractivity contribution in [2.75, 3.05) is 13.2 Å². The Morgan fingerprint density at radius 2 is 2.00 bits per heavy atom. The highest BCUT2D eigenvalue weighted by atomic mass is 32.1. The number of fused-ring (bicyclic) bond motifs is 1. The summed E-state index contributed by atoms with van der Waals surface area (Å²) in [6.45, 7) is 4.40. The maximum absolute atomic E-state index is 11.4. The molecule has 0 spiro atoms. The predicted molar refractivity (Wildman–Crippen MR) is 125 cm³/mol. The van der Waals surface area contributed by atoms with Gasteiger partial charge in [-0.3, -0.25) is 0 Å². The molecule has 0 atom stereocenters. The van der Waals surface area contributed by atoms with Crippen LogP contribution in [0.25, 0.3) is 27.6 Å². The minimum absolute atomic E-state index is 0.0793. The van der Waals surface area contributed by atoms with Gasteiger partial charge in [0.15, 0.2) is 0 Å². The van der Waals surface area contributed by atoms with Crippen molar-refractivity contribution in [2.45, 2.75) is 20.3 Å². The molecule has 0 amide bonds. The number of hydrogen-bond acceptors (Lipinski definition) is 6. The smallest absolute Gasteiger partial charge is 0.371 e. The molecule has 32 heavy (non-hydrogen) atoms. The first-order valence-corrected chi connectivity index (χ1v) is 11.2. The molecule has 2 aromatic carbocycles. The lowest BCUT2D eigenvalue weighted by molar-refractivity contribution is -0.136. The van der Waals surface area contributed by atoms with E-state index in [1.165, 1.54) is 0 Å². The van der Waals surface area contributed by atoms with E-state index in [0.29, 0.717) is 25.5 Å². The van der Waals surface area contributed by atoms with Crippen LogP contribution in [0, 0.1) is 6.92 Å². The first-order chi connectivity index (χ1) is 15.6. The highest BCUT2D eigenvalue weighted by molar-refractivity contribution is 7.17. The lowest BCUT2D eigenvalue weighted by atomic mass is 10.1. The standard InChI is InChI=1S/C25H23NO5S/c1-3-29-22(25(27)28)15-18-9-10-21(23-19(18)12-14-32-23)30-13-11-20-16(2)31-24(26-20)17-7-5-4-6-8-17/h4-10,12,14-15H,3,11,13H2,1-2H3,(H,27,28). The first kappa shape index (κ1) is 21.6. The SMILES string of the molecule is CCOC(=Cc1ccc(OCCc2nc(-c3ccccc3)oc2C)c2sccc12)C(=O)O. The maximum Gasteiger partial charge on any atom is 0.371 e. The van der Waals surface area contributed by atoms with E-state index in [-0.39, 0.29) is 5.76 Å². The van der Waals surface area contributed by atoms with Gasteiger partial charge in [-0.05, 0) is 55.1 Å². The van der Waals surface area contributed by atoms with Gasteiger partial charge >= 0.3 is 5.97 Å². The summed E-state index contributed by atoms with van der Waals surface area (Å²) < 4.78 is 18.1. The van der Waals surface area contributed by atoms with E-state index in [0.717, 1.165) is 38.4 Å². The van der Waals surface area contributed by atoms with Crippen molar-refractivity contribution in [2.24, 2.45) is 0 Å². The van der Waals surface area contributed by atoms with Crippen LogP contribution in [0.2, 0.25) is 0 Å². The molecule has 6 nitrogen and oxygen atoms in total. The third kappa shape index (κ3) is 4.68. The third-order valence-corrected chi connectivity index (χ3v) is 5.85. The zero-order chi connectivity index (χ0) is 22.5. The van der Waals surface area contributed by atoms with Crippen molar-refractivity contribution in [3.8, 4) is 17.2 Å². The number of carboxylic acids is 1. The summed E-state index contributed by atoms with van der Waals surface area (Å²) in [6, 6.07) is 15.5. The minimum atomic E-state index is -1.09. The fourth-order valence-corrected chi connectivity index (χ4v) is 4.28. The number of oxazole rings is 1. The van der Waals surface area contributed by atoms with Gasteiger partial charge in [-0.25, -0.2) is 9.78 Å². The number of ether oxygens (including phenoxy) is 2. The molecule has 2 heterocycles. The molecule has 4 aromatic rings. The molecule has 0 fully saturated rings. The summed E-state index contributed by atoms with van der Waals surface area (Å²) in [6.07, 6.45) is 2.17. The normalized spacial score (nSPS) is 11.6. The molecule has 0 unspecified atom stereocenters. The van der Waals surface area contributed by atoms with Gasteiger partial charge in [0.1, 0.15) is 11.5 Å². The first-order valence-electron chi connectivity index (χ1n) is 10.3. The van der Waals surface area contributed by atoms with Gasteiger partial charge in [0.2, 0.25) is 11.6 Å². The van der Waals surface area contributed by atoms with Gasteiger partial charge in [-0.1, -0.05) is 24.3 Å². The van der Waals surface area contributed by atoms with Gasteiger partial charge in [0.05, 0.1) is 23.6 Å². The Kier molecular flexibility index (Phi) is 6.56. The number of aliphatic carboxylic acids is 1. The lowest BCUT2D eigenvalue weighted by Crippen LogP contribution is -2.05. The molecule has 0 aliphatic carbocycles. The van der Waals surface area contributed by atoms with E-state index < -0.39 is 5.97 Å². The van der Waals surface area contributed by atoms with E-state index in [9.17, 15) is 9.90 Å². The number of benzene rings is 2. The van der Waals surface area contributed by atoms with E-state index in [4.69, 9.17) is 13.9 Å². The lowest BCUT2D eigenvalue weighted by Gasteiger charge is -2.09. The van der Waals surface area contributed by atoms with Crippen molar-refractivity contribution < 1.29 is 23.8 Å². The molecule has 1 N–H and O–H groups in total. The number of nitrogens with zero attached hydrogens (tertiary/aromatic N) is 1. The number of aromatic nitrogens is 1. The molecule has 4 rings (SSSR count). The topological polar surface area (TPSA) is 81.8 Å². The number of aryl methyl sites for hydroxylation is 1. The van der Waals surface area contributed by atoms with Crippen LogP contribution in [-0.4, -0.2) is 29.3 Å². The summed E-state index contributed by atoms with van der Waals surface area (Å²) in [7, 11) is 0. The Labute approximate surface area is 189 Å². The van der Waals surface area contributed by atoms with Crippen LogP contribution in [0.3, 0.4) is 0 Å². The molecule has 0 saturated heterocycles. The van der Waals surface area contributed by atoms with Crippen LogP contribution >= 0.6 is 11.3 Å². The molecule has 7 heteroatoms. The average molecular weight is 450 g/mol. The number of rotatable bonds is 9. The maximum atomic E-state index is 11.4. The highest BCUT2D eigenvalue weighted by Crippen LogP contribution is 2.34. The van der Waals surface area contributed by atoms with Crippen molar-refractivity contribution >= 4 is 33.5 Å². The van der Waals surface area contributed by atoms with Crippen LogP contribution in [-0.2, 0) is 16.0 Å². The zero-order valence-electron chi connectivity index (χ0n) is 17.8. The Morgan fingerprint density at radius 1 is 1.19 bits per heavy atom. The summed E-state index contributed by atoms with van der Waals surface area (Å²) in [5, 5.41) is 12.2. The van der Waals surface area contributed by atoms with Crippen molar-refractivity contribution in [3.63, 3.8) is 0 Å². The average Bonchev–Trinajstić information content (AvgIpc) is 3.43. The van der Waals surface area contributed by atoms with Crippen LogP contribution in [0.4, 0.5) is 0 Å². The second-order valence-corrected chi connectivity index (χ2v) is 7.97. The van der Waals surface area contributed by atoms with Crippen molar-refractivity contribution in [1.29, 1.82) is 0 Å². The molecule has 164 valence electrons. The highest BCUT2D eigenvalue weighted by Gasteiger charge is 2.14. The molecule has 0 aliphatic rings. The summed E-state index contributed by atoms with van der Waals surface area (Å²) >= 11 is 1.55.